The van der Waals surface area contributed by atoms with Crippen molar-refractivity contribution in [3.63, 3.8) is 0 Å². The van der Waals surface area contributed by atoms with Gasteiger partial charge in [-0.2, -0.15) is 5.10 Å². The van der Waals surface area contributed by atoms with Crippen LogP contribution in [0.15, 0.2) is 29.7 Å². The molecule has 0 radical (unpaired) electrons. The van der Waals surface area contributed by atoms with Gasteiger partial charge in [0.2, 0.25) is 10.0 Å². The van der Waals surface area contributed by atoms with Gasteiger partial charge in [-0.1, -0.05) is 0 Å². The van der Waals surface area contributed by atoms with E-state index in [4.69, 9.17) is 0 Å². The standard InChI is InChI=1S/C12H18N6O2S/c1-10-5-15-11(6-14-10)7-17-21(19,20)12-8-16-18(9-12)4-3-13-2/h5-6,8-9,13,17H,3-4,7H2,1-2H3. The van der Waals surface area contributed by atoms with Crippen LogP contribution in [0, 0.1) is 6.92 Å². The lowest BCUT2D eigenvalue weighted by Gasteiger charge is -2.04. The summed E-state index contributed by atoms with van der Waals surface area (Å²) in [6.45, 7) is 3.24. The maximum absolute atomic E-state index is 12.1. The van der Waals surface area contributed by atoms with Gasteiger partial charge in [-0.25, -0.2) is 13.1 Å². The average Bonchev–Trinajstić information content (AvgIpc) is 2.94. The van der Waals surface area contributed by atoms with Gasteiger partial charge < -0.3 is 5.32 Å². The van der Waals surface area contributed by atoms with E-state index in [1.54, 1.807) is 17.1 Å². The van der Waals surface area contributed by atoms with Gasteiger partial charge in [0.05, 0.1) is 36.9 Å². The minimum Gasteiger partial charge on any atom is -0.318 e. The largest absolute Gasteiger partial charge is 0.318 e. The van der Waals surface area contributed by atoms with Crippen molar-refractivity contribution in [2.45, 2.75) is 24.9 Å². The molecule has 0 unspecified atom stereocenters. The van der Waals surface area contributed by atoms with E-state index in [1.165, 1.54) is 12.4 Å². The zero-order chi connectivity index (χ0) is 15.3. The Bertz CT molecular complexity index is 680. The SMILES string of the molecule is CNCCn1cc(S(=O)(=O)NCc2cnc(C)cn2)cn1. The van der Waals surface area contributed by atoms with Crippen LogP contribution in [0.25, 0.3) is 0 Å². The maximum Gasteiger partial charge on any atom is 0.244 e. The monoisotopic (exact) mass is 310 g/mol. The molecule has 0 amide bonds. The molecule has 9 heteroatoms. The zero-order valence-corrected chi connectivity index (χ0v) is 12.8. The van der Waals surface area contributed by atoms with Crippen LogP contribution in [0.4, 0.5) is 0 Å². The summed E-state index contributed by atoms with van der Waals surface area (Å²) in [6, 6.07) is 0. The summed E-state index contributed by atoms with van der Waals surface area (Å²) in [5, 5.41) is 6.99. The summed E-state index contributed by atoms with van der Waals surface area (Å²) in [5.74, 6) is 0. The summed E-state index contributed by atoms with van der Waals surface area (Å²) < 4.78 is 28.3. The van der Waals surface area contributed by atoms with Crippen LogP contribution < -0.4 is 10.0 Å². The molecular formula is C12H18N6O2S. The number of sulfonamides is 1. The Morgan fingerprint density at radius 1 is 1.24 bits per heavy atom. The molecule has 0 saturated carbocycles. The lowest BCUT2D eigenvalue weighted by atomic mass is 10.4. The van der Waals surface area contributed by atoms with E-state index in [9.17, 15) is 8.42 Å². The van der Waals surface area contributed by atoms with Gasteiger partial charge in [0.15, 0.2) is 0 Å². The third-order valence-corrected chi connectivity index (χ3v) is 4.14. The van der Waals surface area contributed by atoms with Gasteiger partial charge in [-0.05, 0) is 14.0 Å². The first-order chi connectivity index (χ1) is 10.0. The highest BCUT2D eigenvalue weighted by atomic mass is 32.2. The molecule has 0 aliphatic rings. The van der Waals surface area contributed by atoms with Gasteiger partial charge in [0.1, 0.15) is 4.90 Å². The molecule has 0 aliphatic heterocycles. The zero-order valence-electron chi connectivity index (χ0n) is 11.9. The van der Waals surface area contributed by atoms with Crippen molar-refractivity contribution in [3.8, 4) is 0 Å². The van der Waals surface area contributed by atoms with E-state index in [0.717, 1.165) is 5.69 Å². The molecule has 0 bridgehead atoms. The van der Waals surface area contributed by atoms with Crippen LogP contribution in [-0.4, -0.2) is 41.8 Å². The minimum absolute atomic E-state index is 0.0946. The highest BCUT2D eigenvalue weighted by molar-refractivity contribution is 7.89. The minimum atomic E-state index is -3.59. The predicted molar refractivity (Wildman–Crippen MR) is 76.9 cm³/mol. The highest BCUT2D eigenvalue weighted by Gasteiger charge is 2.16. The predicted octanol–water partition coefficient (Wildman–Crippen LogP) is -0.321. The molecule has 0 fully saturated rings. The summed E-state index contributed by atoms with van der Waals surface area (Å²) in [6.07, 6.45) is 5.98. The number of nitrogens with one attached hydrogen (secondary N) is 2. The molecule has 2 rings (SSSR count). The number of hydrogen-bond donors (Lipinski definition) is 2. The van der Waals surface area contributed by atoms with E-state index in [2.05, 4.69) is 25.1 Å². The Hall–Kier alpha value is -1.84. The number of nitrogens with zero attached hydrogens (tertiary/aromatic N) is 4. The van der Waals surface area contributed by atoms with Crippen molar-refractivity contribution < 1.29 is 8.42 Å². The van der Waals surface area contributed by atoms with E-state index in [1.807, 2.05) is 14.0 Å². The first-order valence-corrected chi connectivity index (χ1v) is 7.94. The van der Waals surface area contributed by atoms with Gasteiger partial charge in [-0.3, -0.25) is 14.6 Å². The second kappa shape index (κ2) is 6.74. The number of hydrogen-bond acceptors (Lipinski definition) is 6. The van der Waals surface area contributed by atoms with Crippen LogP contribution in [0.2, 0.25) is 0 Å². The fourth-order valence-electron chi connectivity index (χ4n) is 1.59. The number of rotatable bonds is 7. The topological polar surface area (TPSA) is 102 Å². The van der Waals surface area contributed by atoms with Crippen LogP contribution in [0.5, 0.6) is 0 Å². The molecule has 2 aromatic rings. The van der Waals surface area contributed by atoms with Crippen LogP contribution in [-0.2, 0) is 23.1 Å². The van der Waals surface area contributed by atoms with E-state index >= 15 is 0 Å². The van der Waals surface area contributed by atoms with Gasteiger partial charge in [0, 0.05) is 18.9 Å². The van der Waals surface area contributed by atoms with Crippen molar-refractivity contribution in [3.05, 3.63) is 36.2 Å². The third kappa shape index (κ3) is 4.31. The molecule has 0 saturated heterocycles. The first-order valence-electron chi connectivity index (χ1n) is 6.45. The average molecular weight is 310 g/mol. The van der Waals surface area contributed by atoms with E-state index in [-0.39, 0.29) is 11.4 Å². The van der Waals surface area contributed by atoms with Crippen LogP contribution in [0.1, 0.15) is 11.4 Å². The van der Waals surface area contributed by atoms with Gasteiger partial charge in [-0.15, -0.1) is 0 Å². The van der Waals surface area contributed by atoms with E-state index in [0.29, 0.717) is 18.8 Å². The summed E-state index contributed by atoms with van der Waals surface area (Å²) in [7, 11) is -1.77. The Balaban J connectivity index is 2.00. The molecule has 0 aliphatic carbocycles. The third-order valence-electron chi connectivity index (χ3n) is 2.79. The van der Waals surface area contributed by atoms with E-state index < -0.39 is 10.0 Å². The second-order valence-corrected chi connectivity index (χ2v) is 6.28. The fourth-order valence-corrected chi connectivity index (χ4v) is 2.55. The van der Waals surface area contributed by atoms with Crippen molar-refractivity contribution in [2.75, 3.05) is 13.6 Å². The van der Waals surface area contributed by atoms with Gasteiger partial charge >= 0.3 is 0 Å². The Kier molecular flexibility index (Phi) is 4.99. The van der Waals surface area contributed by atoms with Crippen LogP contribution in [0.3, 0.4) is 0 Å². The first kappa shape index (κ1) is 15.5. The molecular weight excluding hydrogens is 292 g/mol. The van der Waals surface area contributed by atoms with Gasteiger partial charge in [0.25, 0.3) is 0 Å². The second-order valence-electron chi connectivity index (χ2n) is 4.52. The molecule has 2 N–H and O–H groups in total. The number of aryl methyl sites for hydroxylation is 1. The molecule has 21 heavy (non-hydrogen) atoms. The fraction of sp³-hybridized carbons (Fsp3) is 0.417. The Labute approximate surface area is 123 Å². The van der Waals surface area contributed by atoms with Crippen molar-refractivity contribution in [2.24, 2.45) is 0 Å². The molecule has 0 aromatic carbocycles. The Morgan fingerprint density at radius 3 is 2.71 bits per heavy atom. The molecule has 0 atom stereocenters. The lowest BCUT2D eigenvalue weighted by Crippen LogP contribution is -2.23. The van der Waals surface area contributed by atoms with Crippen LogP contribution >= 0.6 is 0 Å². The Morgan fingerprint density at radius 2 is 2.05 bits per heavy atom. The number of aromatic nitrogens is 4. The lowest BCUT2D eigenvalue weighted by molar-refractivity contribution is 0.575. The summed E-state index contributed by atoms with van der Waals surface area (Å²) >= 11 is 0. The van der Waals surface area contributed by atoms with Crippen molar-refractivity contribution in [1.82, 2.24) is 29.8 Å². The molecule has 0 spiro atoms. The van der Waals surface area contributed by atoms with Crippen molar-refractivity contribution in [1.29, 1.82) is 0 Å². The molecule has 8 nitrogen and oxygen atoms in total. The molecule has 2 heterocycles. The molecule has 2 aromatic heterocycles. The summed E-state index contributed by atoms with van der Waals surface area (Å²) in [4.78, 5) is 8.31. The smallest absolute Gasteiger partial charge is 0.244 e. The summed E-state index contributed by atoms with van der Waals surface area (Å²) in [5.41, 5.74) is 1.35. The normalized spacial score (nSPS) is 11.7. The van der Waals surface area contributed by atoms with Crippen molar-refractivity contribution >= 4 is 10.0 Å². The molecule has 114 valence electrons. The number of likely N-dealkylation sites (N-methyl/N-ethyl adjacent to an activating group) is 1. The highest BCUT2D eigenvalue weighted by Crippen LogP contribution is 2.07. The maximum atomic E-state index is 12.1. The quantitative estimate of drug-likeness (QED) is 0.727.